The summed E-state index contributed by atoms with van der Waals surface area (Å²) in [6.07, 6.45) is 2.90. The fourth-order valence-electron chi connectivity index (χ4n) is 2.70. The first-order valence-electron chi connectivity index (χ1n) is 7.28. The third kappa shape index (κ3) is 3.19. The van der Waals surface area contributed by atoms with Gasteiger partial charge in [-0.1, -0.05) is 23.3 Å². The molecule has 0 unspecified atom stereocenters. The molecule has 0 saturated carbocycles. The van der Waals surface area contributed by atoms with Crippen molar-refractivity contribution in [2.24, 2.45) is 0 Å². The maximum atomic E-state index is 11.9. The minimum absolute atomic E-state index is 0.201. The number of benzene rings is 1. The fourth-order valence-corrected chi connectivity index (χ4v) is 3.32. The summed E-state index contributed by atoms with van der Waals surface area (Å²) in [5.41, 5.74) is 5.52. The molecule has 0 saturated heterocycles. The van der Waals surface area contributed by atoms with Gasteiger partial charge in [0.25, 0.3) is 0 Å². The van der Waals surface area contributed by atoms with Crippen LogP contribution in [0.1, 0.15) is 11.1 Å². The molecular formula is C18H18N2O2S. The van der Waals surface area contributed by atoms with Gasteiger partial charge in [-0.15, -0.1) is 0 Å². The number of hydrogen-bond donors (Lipinski definition) is 1. The lowest BCUT2D eigenvalue weighted by molar-refractivity contribution is 0.599. The van der Waals surface area contributed by atoms with Gasteiger partial charge in [-0.2, -0.15) is 0 Å². The zero-order valence-corrected chi connectivity index (χ0v) is 14.1. The molecule has 3 rings (SSSR count). The third-order valence-electron chi connectivity index (χ3n) is 3.64. The van der Waals surface area contributed by atoms with Crippen molar-refractivity contribution >= 4 is 9.84 Å². The van der Waals surface area contributed by atoms with Crippen molar-refractivity contribution in [1.82, 2.24) is 9.97 Å². The minimum Gasteiger partial charge on any atom is -0.345 e. The van der Waals surface area contributed by atoms with Gasteiger partial charge in [0.15, 0.2) is 9.84 Å². The van der Waals surface area contributed by atoms with Gasteiger partial charge in [-0.05, 0) is 49.7 Å². The number of pyridine rings is 1. The van der Waals surface area contributed by atoms with Crippen molar-refractivity contribution in [2.75, 3.05) is 6.26 Å². The van der Waals surface area contributed by atoms with Crippen LogP contribution in [-0.4, -0.2) is 24.6 Å². The van der Waals surface area contributed by atoms with E-state index in [1.807, 2.05) is 44.2 Å². The molecule has 4 nitrogen and oxygen atoms in total. The topological polar surface area (TPSA) is 62.8 Å². The first-order valence-corrected chi connectivity index (χ1v) is 9.17. The molecule has 0 radical (unpaired) electrons. The predicted octanol–water partition coefficient (Wildman–Crippen LogP) is 3.76. The van der Waals surface area contributed by atoms with E-state index in [2.05, 4.69) is 16.0 Å². The second kappa shape index (κ2) is 5.66. The molecule has 2 heterocycles. The van der Waals surface area contributed by atoms with Gasteiger partial charge in [-0.25, -0.2) is 8.42 Å². The van der Waals surface area contributed by atoms with E-state index < -0.39 is 9.84 Å². The summed E-state index contributed by atoms with van der Waals surface area (Å²) in [5, 5.41) is 0.201. The number of rotatable bonds is 3. The highest BCUT2D eigenvalue weighted by atomic mass is 32.2. The molecule has 1 N–H and O–H groups in total. The summed E-state index contributed by atoms with van der Waals surface area (Å²) in [5.74, 6) is 0. The third-order valence-corrected chi connectivity index (χ3v) is 4.66. The van der Waals surface area contributed by atoms with E-state index in [0.29, 0.717) is 0 Å². The Balaban J connectivity index is 2.28. The molecule has 0 aliphatic carbocycles. The van der Waals surface area contributed by atoms with Crippen LogP contribution in [0.15, 0.2) is 53.7 Å². The Morgan fingerprint density at radius 1 is 1.00 bits per heavy atom. The van der Waals surface area contributed by atoms with Crippen LogP contribution in [0.3, 0.4) is 0 Å². The molecule has 0 aliphatic heterocycles. The largest absolute Gasteiger partial charge is 0.345 e. The number of nitrogens with one attached hydrogen (secondary N) is 1. The summed E-state index contributed by atoms with van der Waals surface area (Å²) >= 11 is 0. The number of hydrogen-bond acceptors (Lipinski definition) is 3. The number of aryl methyl sites for hydroxylation is 2. The average Bonchev–Trinajstić information content (AvgIpc) is 2.92. The Morgan fingerprint density at radius 3 is 2.26 bits per heavy atom. The van der Waals surface area contributed by atoms with E-state index in [4.69, 9.17) is 0 Å². The molecule has 0 fully saturated rings. The standard InChI is InChI=1S/C18H18N2O2S/c1-12-8-13(2)10-14(9-12)18-15(16-6-4-5-7-19-16)11-17(20-18)23(3,21)22/h4-11,20H,1-3H3. The van der Waals surface area contributed by atoms with E-state index >= 15 is 0 Å². The quantitative estimate of drug-likeness (QED) is 0.797. The van der Waals surface area contributed by atoms with Gasteiger partial charge in [0.2, 0.25) is 0 Å². The van der Waals surface area contributed by atoms with Crippen molar-refractivity contribution in [3.05, 3.63) is 59.8 Å². The summed E-state index contributed by atoms with van der Waals surface area (Å²) in [4.78, 5) is 7.42. The normalized spacial score (nSPS) is 11.6. The molecule has 3 aromatic rings. The van der Waals surface area contributed by atoms with Crippen molar-refractivity contribution < 1.29 is 8.42 Å². The number of aromatic amines is 1. The summed E-state index contributed by atoms with van der Waals surface area (Å²) in [7, 11) is -3.32. The van der Waals surface area contributed by atoms with E-state index in [0.717, 1.165) is 33.6 Å². The highest BCUT2D eigenvalue weighted by Gasteiger charge is 2.18. The van der Waals surface area contributed by atoms with E-state index in [9.17, 15) is 8.42 Å². The molecule has 0 bridgehead atoms. The monoisotopic (exact) mass is 326 g/mol. The maximum Gasteiger partial charge on any atom is 0.190 e. The van der Waals surface area contributed by atoms with E-state index in [1.165, 1.54) is 6.26 Å². The lowest BCUT2D eigenvalue weighted by atomic mass is 10.0. The van der Waals surface area contributed by atoms with Crippen molar-refractivity contribution in [2.45, 2.75) is 18.9 Å². The fraction of sp³-hybridized carbons (Fsp3) is 0.167. The van der Waals surface area contributed by atoms with Crippen LogP contribution in [0, 0.1) is 13.8 Å². The van der Waals surface area contributed by atoms with Crippen LogP contribution >= 0.6 is 0 Å². The molecular weight excluding hydrogens is 308 g/mol. The molecule has 0 atom stereocenters. The maximum absolute atomic E-state index is 11.9. The molecule has 2 aromatic heterocycles. The zero-order valence-electron chi connectivity index (χ0n) is 13.3. The van der Waals surface area contributed by atoms with Crippen LogP contribution in [0.2, 0.25) is 0 Å². The summed E-state index contributed by atoms with van der Waals surface area (Å²) in [6, 6.07) is 13.4. The molecule has 23 heavy (non-hydrogen) atoms. The number of nitrogens with zero attached hydrogens (tertiary/aromatic N) is 1. The lowest BCUT2D eigenvalue weighted by Gasteiger charge is -2.07. The van der Waals surface area contributed by atoms with Crippen LogP contribution in [0.5, 0.6) is 0 Å². The number of aromatic nitrogens is 2. The Hall–Kier alpha value is -2.40. The highest BCUT2D eigenvalue weighted by molar-refractivity contribution is 7.90. The Labute approximate surface area is 136 Å². The highest BCUT2D eigenvalue weighted by Crippen LogP contribution is 2.33. The second-order valence-electron chi connectivity index (χ2n) is 5.79. The Bertz CT molecular complexity index is 938. The minimum atomic E-state index is -3.32. The molecule has 1 aromatic carbocycles. The lowest BCUT2D eigenvalue weighted by Crippen LogP contribution is -1.96. The SMILES string of the molecule is Cc1cc(C)cc(-c2[nH]c(S(C)(=O)=O)cc2-c2ccccn2)c1. The average molecular weight is 326 g/mol. The van der Waals surface area contributed by atoms with E-state index in [-0.39, 0.29) is 5.03 Å². The number of H-pyrrole nitrogens is 1. The molecule has 0 amide bonds. The Kier molecular flexibility index (Phi) is 3.82. The first kappa shape index (κ1) is 15.5. The van der Waals surface area contributed by atoms with Crippen molar-refractivity contribution in [3.8, 4) is 22.5 Å². The van der Waals surface area contributed by atoms with Crippen LogP contribution in [0.4, 0.5) is 0 Å². The summed E-state index contributed by atoms with van der Waals surface area (Å²) < 4.78 is 23.9. The van der Waals surface area contributed by atoms with Gasteiger partial charge in [0, 0.05) is 18.0 Å². The van der Waals surface area contributed by atoms with Gasteiger partial charge in [0.05, 0.1) is 11.4 Å². The van der Waals surface area contributed by atoms with Crippen LogP contribution in [0.25, 0.3) is 22.5 Å². The van der Waals surface area contributed by atoms with Crippen LogP contribution < -0.4 is 0 Å². The second-order valence-corrected chi connectivity index (χ2v) is 7.77. The van der Waals surface area contributed by atoms with Gasteiger partial charge in [-0.3, -0.25) is 4.98 Å². The van der Waals surface area contributed by atoms with Gasteiger partial charge < -0.3 is 4.98 Å². The predicted molar refractivity (Wildman–Crippen MR) is 92.0 cm³/mol. The van der Waals surface area contributed by atoms with Crippen molar-refractivity contribution in [1.29, 1.82) is 0 Å². The molecule has 0 aliphatic rings. The first-order chi connectivity index (χ1) is 10.8. The molecule has 118 valence electrons. The summed E-state index contributed by atoms with van der Waals surface area (Å²) in [6.45, 7) is 4.05. The molecule has 0 spiro atoms. The molecule has 5 heteroatoms. The van der Waals surface area contributed by atoms with Gasteiger partial charge in [0.1, 0.15) is 5.03 Å². The van der Waals surface area contributed by atoms with Crippen LogP contribution in [-0.2, 0) is 9.84 Å². The van der Waals surface area contributed by atoms with Gasteiger partial charge >= 0.3 is 0 Å². The smallest absolute Gasteiger partial charge is 0.190 e. The number of sulfone groups is 1. The zero-order chi connectivity index (χ0) is 16.6. The van der Waals surface area contributed by atoms with Crippen molar-refractivity contribution in [3.63, 3.8) is 0 Å². The van der Waals surface area contributed by atoms with E-state index in [1.54, 1.807) is 12.3 Å². The Morgan fingerprint density at radius 2 is 1.70 bits per heavy atom.